The molecule has 1 aliphatic rings. The lowest BCUT2D eigenvalue weighted by atomic mass is 10.1. The average Bonchev–Trinajstić information content (AvgIpc) is 2.53. The van der Waals surface area contributed by atoms with E-state index in [4.69, 9.17) is 12.2 Å². The molecule has 2 aromatic carbocycles. The van der Waals surface area contributed by atoms with Crippen molar-refractivity contribution in [1.82, 2.24) is 5.32 Å². The Morgan fingerprint density at radius 2 is 1.71 bits per heavy atom. The molecule has 120 valence electrons. The Kier molecular flexibility index (Phi) is 4.18. The maximum atomic E-state index is 13.3. The molecule has 0 unspecified atom stereocenters. The number of rotatable bonds is 2. The maximum Gasteiger partial charge on any atom is 0.270 e. The second kappa shape index (κ2) is 6.29. The van der Waals surface area contributed by atoms with Crippen molar-refractivity contribution in [2.45, 2.75) is 0 Å². The van der Waals surface area contributed by atoms with Gasteiger partial charge in [0.15, 0.2) is 5.11 Å². The van der Waals surface area contributed by atoms with Crippen molar-refractivity contribution in [3.8, 4) is 0 Å². The van der Waals surface area contributed by atoms with Crippen LogP contribution in [-0.4, -0.2) is 16.9 Å². The fraction of sp³-hybridized carbons (Fsp3) is 0. The zero-order chi connectivity index (χ0) is 17.3. The summed E-state index contributed by atoms with van der Waals surface area (Å²) in [6, 6.07) is 10.6. The third-order valence-electron chi connectivity index (χ3n) is 3.35. The first kappa shape index (κ1) is 15.9. The summed E-state index contributed by atoms with van der Waals surface area (Å²) in [6.07, 6.45) is 1.28. The highest BCUT2D eigenvalue weighted by molar-refractivity contribution is 7.80. The van der Waals surface area contributed by atoms with E-state index >= 15 is 0 Å². The third kappa shape index (κ3) is 3.07. The van der Waals surface area contributed by atoms with Crippen LogP contribution in [0, 0.1) is 11.6 Å². The van der Waals surface area contributed by atoms with Crippen LogP contribution in [-0.2, 0) is 9.59 Å². The van der Waals surface area contributed by atoms with Crippen molar-refractivity contribution in [3.63, 3.8) is 0 Å². The third-order valence-corrected chi connectivity index (χ3v) is 3.63. The van der Waals surface area contributed by atoms with E-state index in [0.717, 1.165) is 4.90 Å². The SMILES string of the molecule is O=C1NC(=S)N(c2ccc(F)cc2)C(=O)/C1=C/c1cccc(F)c1. The fourth-order valence-corrected chi connectivity index (χ4v) is 2.53. The molecule has 3 rings (SSSR count). The van der Waals surface area contributed by atoms with Crippen LogP contribution in [0.4, 0.5) is 14.5 Å². The lowest BCUT2D eigenvalue weighted by Gasteiger charge is -2.28. The molecule has 1 fully saturated rings. The molecule has 0 atom stereocenters. The Balaban J connectivity index is 2.01. The average molecular weight is 344 g/mol. The molecular weight excluding hydrogens is 334 g/mol. The van der Waals surface area contributed by atoms with E-state index in [0.29, 0.717) is 11.3 Å². The lowest BCUT2D eigenvalue weighted by molar-refractivity contribution is -0.122. The van der Waals surface area contributed by atoms with Gasteiger partial charge < -0.3 is 0 Å². The Labute approximate surface area is 141 Å². The summed E-state index contributed by atoms with van der Waals surface area (Å²) in [4.78, 5) is 25.8. The normalized spacial score (nSPS) is 16.5. The van der Waals surface area contributed by atoms with Crippen molar-refractivity contribution in [2.75, 3.05) is 4.90 Å². The maximum absolute atomic E-state index is 13.3. The summed E-state index contributed by atoms with van der Waals surface area (Å²) in [6.45, 7) is 0. The van der Waals surface area contributed by atoms with Gasteiger partial charge in [-0.15, -0.1) is 0 Å². The highest BCUT2D eigenvalue weighted by Crippen LogP contribution is 2.22. The van der Waals surface area contributed by atoms with Crippen LogP contribution in [0.15, 0.2) is 54.1 Å². The second-order valence-corrected chi connectivity index (χ2v) is 5.38. The molecule has 0 spiro atoms. The van der Waals surface area contributed by atoms with Crippen molar-refractivity contribution >= 4 is 40.9 Å². The second-order valence-electron chi connectivity index (χ2n) is 4.99. The molecule has 0 bridgehead atoms. The number of nitrogens with one attached hydrogen (secondary N) is 1. The van der Waals surface area contributed by atoms with Crippen LogP contribution in [0.25, 0.3) is 6.08 Å². The molecule has 1 aliphatic heterocycles. The molecule has 0 saturated carbocycles. The topological polar surface area (TPSA) is 49.4 Å². The number of amides is 2. The summed E-state index contributed by atoms with van der Waals surface area (Å²) >= 11 is 5.03. The van der Waals surface area contributed by atoms with Crippen molar-refractivity contribution < 1.29 is 18.4 Å². The van der Waals surface area contributed by atoms with Crippen LogP contribution < -0.4 is 10.2 Å². The van der Waals surface area contributed by atoms with Gasteiger partial charge in [-0.25, -0.2) is 8.78 Å². The first-order valence-electron chi connectivity index (χ1n) is 6.88. The number of anilines is 1. The molecule has 2 amide bonds. The van der Waals surface area contributed by atoms with Crippen LogP contribution in [0.3, 0.4) is 0 Å². The number of hydrogen-bond acceptors (Lipinski definition) is 3. The summed E-state index contributed by atoms with van der Waals surface area (Å²) in [7, 11) is 0. The van der Waals surface area contributed by atoms with Gasteiger partial charge in [-0.3, -0.25) is 19.8 Å². The van der Waals surface area contributed by atoms with E-state index in [1.54, 1.807) is 6.07 Å². The molecule has 4 nitrogen and oxygen atoms in total. The quantitative estimate of drug-likeness (QED) is 0.518. The summed E-state index contributed by atoms with van der Waals surface area (Å²) in [5.74, 6) is -2.29. The zero-order valence-electron chi connectivity index (χ0n) is 12.1. The number of benzene rings is 2. The molecule has 0 aliphatic carbocycles. The van der Waals surface area contributed by atoms with Gasteiger partial charge >= 0.3 is 0 Å². The molecular formula is C17H10F2N2O2S. The number of carbonyl (C=O) groups is 2. The van der Waals surface area contributed by atoms with Gasteiger partial charge in [0.25, 0.3) is 11.8 Å². The van der Waals surface area contributed by atoms with Gasteiger partial charge in [0.1, 0.15) is 17.2 Å². The van der Waals surface area contributed by atoms with Crippen LogP contribution in [0.2, 0.25) is 0 Å². The first-order chi connectivity index (χ1) is 11.5. The molecule has 0 aromatic heterocycles. The van der Waals surface area contributed by atoms with E-state index in [1.165, 1.54) is 48.5 Å². The van der Waals surface area contributed by atoms with Crippen LogP contribution >= 0.6 is 12.2 Å². The van der Waals surface area contributed by atoms with Crippen molar-refractivity contribution in [2.24, 2.45) is 0 Å². The number of carbonyl (C=O) groups excluding carboxylic acids is 2. The summed E-state index contributed by atoms with van der Waals surface area (Å²) in [5, 5.41) is 2.30. The Morgan fingerprint density at radius 1 is 1.00 bits per heavy atom. The monoisotopic (exact) mass is 344 g/mol. The van der Waals surface area contributed by atoms with Crippen molar-refractivity contribution in [3.05, 3.63) is 71.3 Å². The molecule has 1 N–H and O–H groups in total. The smallest absolute Gasteiger partial charge is 0.270 e. The lowest BCUT2D eigenvalue weighted by Crippen LogP contribution is -2.54. The first-order valence-corrected chi connectivity index (χ1v) is 7.29. The molecule has 0 radical (unpaired) electrons. The highest BCUT2D eigenvalue weighted by Gasteiger charge is 2.34. The molecule has 1 heterocycles. The van der Waals surface area contributed by atoms with E-state index in [9.17, 15) is 18.4 Å². The van der Waals surface area contributed by atoms with E-state index < -0.39 is 23.4 Å². The molecule has 7 heteroatoms. The largest absolute Gasteiger partial charge is 0.298 e. The molecule has 2 aromatic rings. The zero-order valence-corrected chi connectivity index (χ0v) is 12.9. The Hall–Kier alpha value is -2.93. The fourth-order valence-electron chi connectivity index (χ4n) is 2.25. The standard InChI is InChI=1S/C17H10F2N2O2S/c18-11-4-6-13(7-5-11)21-16(23)14(15(22)20-17(21)24)9-10-2-1-3-12(19)8-10/h1-9H,(H,20,22,24)/b14-9+. The number of thiocarbonyl (C=S) groups is 1. The van der Waals surface area contributed by atoms with Gasteiger partial charge in [-0.05, 0) is 60.3 Å². The molecule has 24 heavy (non-hydrogen) atoms. The van der Waals surface area contributed by atoms with Crippen LogP contribution in [0.5, 0.6) is 0 Å². The van der Waals surface area contributed by atoms with Gasteiger partial charge in [-0.1, -0.05) is 12.1 Å². The minimum atomic E-state index is -0.673. The Bertz CT molecular complexity index is 878. The minimum absolute atomic E-state index is 0.104. The highest BCUT2D eigenvalue weighted by atomic mass is 32.1. The van der Waals surface area contributed by atoms with E-state index in [-0.39, 0.29) is 10.7 Å². The summed E-state index contributed by atoms with van der Waals surface area (Å²) < 4.78 is 26.3. The predicted molar refractivity (Wildman–Crippen MR) is 89.0 cm³/mol. The van der Waals surface area contributed by atoms with Crippen LogP contribution in [0.1, 0.15) is 5.56 Å². The predicted octanol–water partition coefficient (Wildman–Crippen LogP) is 2.80. The van der Waals surface area contributed by atoms with Gasteiger partial charge in [0.2, 0.25) is 0 Å². The molecule has 1 saturated heterocycles. The van der Waals surface area contributed by atoms with Crippen molar-refractivity contribution in [1.29, 1.82) is 0 Å². The Morgan fingerprint density at radius 3 is 2.38 bits per heavy atom. The van der Waals surface area contributed by atoms with Gasteiger partial charge in [0.05, 0.1) is 5.69 Å². The van der Waals surface area contributed by atoms with E-state index in [1.807, 2.05) is 0 Å². The van der Waals surface area contributed by atoms with E-state index in [2.05, 4.69) is 5.32 Å². The summed E-state index contributed by atoms with van der Waals surface area (Å²) in [5.41, 5.74) is 0.482. The van der Waals surface area contributed by atoms with Gasteiger partial charge in [0, 0.05) is 0 Å². The number of hydrogen-bond donors (Lipinski definition) is 1. The number of nitrogens with zero attached hydrogens (tertiary/aromatic N) is 1. The minimum Gasteiger partial charge on any atom is -0.298 e. The number of halogens is 2. The van der Waals surface area contributed by atoms with Gasteiger partial charge in [-0.2, -0.15) is 0 Å².